The van der Waals surface area contributed by atoms with Gasteiger partial charge in [-0.1, -0.05) is 48.5 Å². The van der Waals surface area contributed by atoms with Gasteiger partial charge in [-0.25, -0.2) is 9.59 Å². The minimum Gasteiger partial charge on any atom is -0.479 e. The molecule has 0 bridgehead atoms. The lowest BCUT2D eigenvalue weighted by Gasteiger charge is -2.46. The second-order valence-corrected chi connectivity index (χ2v) is 9.17. The molecule has 0 saturated carbocycles. The molecular weight excluding hydrogens is 404 g/mol. The summed E-state index contributed by atoms with van der Waals surface area (Å²) in [6, 6.07) is 16.7. The number of piperidine rings is 1. The molecule has 2 heterocycles. The van der Waals surface area contributed by atoms with Crippen molar-refractivity contribution in [1.29, 1.82) is 0 Å². The van der Waals surface area contributed by atoms with E-state index in [4.69, 9.17) is 4.74 Å². The molecule has 3 aliphatic rings. The van der Waals surface area contributed by atoms with Crippen LogP contribution in [0.3, 0.4) is 0 Å². The SMILES string of the molecule is CCN(C(=O)OCC1c2ccccc2-c2ccccc21)C1(C(=O)O)CCN2CCCC2C1. The van der Waals surface area contributed by atoms with Gasteiger partial charge < -0.3 is 14.7 Å². The monoisotopic (exact) mass is 434 g/mol. The van der Waals surface area contributed by atoms with Crippen molar-refractivity contribution in [3.05, 3.63) is 59.7 Å². The third kappa shape index (κ3) is 3.28. The maximum absolute atomic E-state index is 13.3. The van der Waals surface area contributed by atoms with Crippen molar-refractivity contribution in [2.75, 3.05) is 26.2 Å². The van der Waals surface area contributed by atoms with Crippen LogP contribution in [0.5, 0.6) is 0 Å². The number of carboxylic acids is 1. The Kier molecular flexibility index (Phi) is 5.41. The second-order valence-electron chi connectivity index (χ2n) is 9.17. The summed E-state index contributed by atoms with van der Waals surface area (Å²) in [4.78, 5) is 29.6. The van der Waals surface area contributed by atoms with Crippen molar-refractivity contribution < 1.29 is 19.4 Å². The van der Waals surface area contributed by atoms with Crippen LogP contribution in [-0.2, 0) is 9.53 Å². The van der Waals surface area contributed by atoms with E-state index in [1.165, 1.54) is 16.0 Å². The number of hydrogen-bond acceptors (Lipinski definition) is 4. The van der Waals surface area contributed by atoms with E-state index in [1.54, 1.807) is 0 Å². The van der Waals surface area contributed by atoms with E-state index in [0.717, 1.165) is 30.5 Å². The fourth-order valence-electron chi connectivity index (χ4n) is 6.07. The molecule has 5 rings (SSSR count). The van der Waals surface area contributed by atoms with Gasteiger partial charge in [0.1, 0.15) is 12.1 Å². The number of carboxylic acid groups (broad SMARTS) is 1. The average molecular weight is 435 g/mol. The zero-order chi connectivity index (χ0) is 22.3. The lowest BCUT2D eigenvalue weighted by atomic mass is 9.81. The van der Waals surface area contributed by atoms with Crippen molar-refractivity contribution in [1.82, 2.24) is 9.80 Å². The average Bonchev–Trinajstić information content (AvgIpc) is 3.40. The Balaban J connectivity index is 1.36. The molecule has 2 aliphatic heterocycles. The lowest BCUT2D eigenvalue weighted by molar-refractivity contribution is -0.155. The van der Waals surface area contributed by atoms with Crippen molar-refractivity contribution in [2.45, 2.75) is 50.1 Å². The minimum atomic E-state index is -1.19. The van der Waals surface area contributed by atoms with Gasteiger partial charge in [0, 0.05) is 25.0 Å². The summed E-state index contributed by atoms with van der Waals surface area (Å²) in [6.07, 6.45) is 2.48. The Morgan fingerprint density at radius 3 is 2.38 bits per heavy atom. The van der Waals surface area contributed by atoms with Crippen molar-refractivity contribution >= 4 is 12.1 Å². The highest BCUT2D eigenvalue weighted by molar-refractivity contribution is 5.85. The van der Waals surface area contributed by atoms with Crippen LogP contribution >= 0.6 is 0 Å². The highest BCUT2D eigenvalue weighted by atomic mass is 16.6. The number of amides is 1. The Morgan fingerprint density at radius 1 is 1.09 bits per heavy atom. The van der Waals surface area contributed by atoms with Crippen LogP contribution < -0.4 is 0 Å². The second kappa shape index (κ2) is 8.24. The molecule has 2 saturated heterocycles. The first-order chi connectivity index (χ1) is 15.5. The van der Waals surface area contributed by atoms with Crippen LogP contribution in [0.2, 0.25) is 0 Å². The molecule has 1 N–H and O–H groups in total. The zero-order valence-corrected chi connectivity index (χ0v) is 18.5. The fourth-order valence-corrected chi connectivity index (χ4v) is 6.07. The number of likely N-dealkylation sites (N-methyl/N-ethyl adjacent to an activating group) is 1. The quantitative estimate of drug-likeness (QED) is 0.758. The molecule has 1 aliphatic carbocycles. The van der Waals surface area contributed by atoms with E-state index in [9.17, 15) is 14.7 Å². The van der Waals surface area contributed by atoms with E-state index in [2.05, 4.69) is 29.2 Å². The lowest BCUT2D eigenvalue weighted by Crippen LogP contribution is -2.63. The van der Waals surface area contributed by atoms with Gasteiger partial charge >= 0.3 is 12.1 Å². The van der Waals surface area contributed by atoms with Crippen LogP contribution in [0.1, 0.15) is 49.7 Å². The van der Waals surface area contributed by atoms with E-state index in [1.807, 2.05) is 31.2 Å². The zero-order valence-electron chi connectivity index (χ0n) is 18.5. The number of rotatable bonds is 5. The van der Waals surface area contributed by atoms with Gasteiger partial charge in [-0.3, -0.25) is 4.90 Å². The molecule has 2 fully saturated rings. The van der Waals surface area contributed by atoms with Crippen LogP contribution in [-0.4, -0.2) is 64.8 Å². The third-order valence-corrected chi connectivity index (χ3v) is 7.67. The van der Waals surface area contributed by atoms with Gasteiger partial charge in [0.05, 0.1) is 0 Å². The number of ether oxygens (including phenoxy) is 1. The number of fused-ring (bicyclic) bond motifs is 4. The smallest absolute Gasteiger partial charge is 0.410 e. The topological polar surface area (TPSA) is 70.1 Å². The summed E-state index contributed by atoms with van der Waals surface area (Å²) in [6.45, 7) is 4.10. The summed E-state index contributed by atoms with van der Waals surface area (Å²) < 4.78 is 5.84. The first-order valence-corrected chi connectivity index (χ1v) is 11.6. The molecule has 1 amide bonds. The maximum atomic E-state index is 13.3. The van der Waals surface area contributed by atoms with Gasteiger partial charge in [-0.15, -0.1) is 0 Å². The van der Waals surface area contributed by atoms with Gasteiger partial charge in [0.2, 0.25) is 0 Å². The fraction of sp³-hybridized carbons (Fsp3) is 0.462. The van der Waals surface area contributed by atoms with Crippen LogP contribution in [0, 0.1) is 0 Å². The molecule has 0 spiro atoms. The van der Waals surface area contributed by atoms with Crippen LogP contribution in [0.15, 0.2) is 48.5 Å². The normalized spacial score (nSPS) is 24.5. The molecule has 0 aromatic heterocycles. The van der Waals surface area contributed by atoms with E-state index < -0.39 is 17.6 Å². The number of benzene rings is 2. The molecule has 2 atom stereocenters. The molecular formula is C26H30N2O4. The van der Waals surface area contributed by atoms with E-state index >= 15 is 0 Å². The summed E-state index contributed by atoms with van der Waals surface area (Å²) in [7, 11) is 0. The van der Waals surface area contributed by atoms with Crippen LogP contribution in [0.25, 0.3) is 11.1 Å². The molecule has 6 heteroatoms. The van der Waals surface area contributed by atoms with E-state index in [-0.39, 0.29) is 18.6 Å². The summed E-state index contributed by atoms with van der Waals surface area (Å²) >= 11 is 0. The van der Waals surface area contributed by atoms with Gasteiger partial charge in [0.25, 0.3) is 0 Å². The first-order valence-electron chi connectivity index (χ1n) is 11.6. The molecule has 0 radical (unpaired) electrons. The number of aliphatic carboxylic acids is 1. The Morgan fingerprint density at radius 2 is 1.75 bits per heavy atom. The van der Waals surface area contributed by atoms with Crippen molar-refractivity contribution in [3.63, 3.8) is 0 Å². The highest BCUT2D eigenvalue weighted by Crippen LogP contribution is 2.45. The molecule has 2 unspecified atom stereocenters. The largest absolute Gasteiger partial charge is 0.479 e. The predicted octanol–water partition coefficient (Wildman–Crippen LogP) is 4.34. The van der Waals surface area contributed by atoms with Gasteiger partial charge in [-0.05, 0) is 61.4 Å². The number of carbonyl (C=O) groups is 2. The Bertz CT molecular complexity index is 992. The molecule has 32 heavy (non-hydrogen) atoms. The van der Waals surface area contributed by atoms with Crippen LogP contribution in [0.4, 0.5) is 4.79 Å². The summed E-state index contributed by atoms with van der Waals surface area (Å²) in [5.74, 6) is -0.957. The maximum Gasteiger partial charge on any atom is 0.410 e. The molecule has 6 nitrogen and oxygen atoms in total. The number of carbonyl (C=O) groups excluding carboxylic acids is 1. The molecule has 2 aromatic carbocycles. The first kappa shape index (κ1) is 21.0. The third-order valence-electron chi connectivity index (χ3n) is 7.67. The molecule has 2 aromatic rings. The van der Waals surface area contributed by atoms with Gasteiger partial charge in [-0.2, -0.15) is 0 Å². The minimum absolute atomic E-state index is 0.0393. The van der Waals surface area contributed by atoms with E-state index in [0.29, 0.717) is 25.9 Å². The van der Waals surface area contributed by atoms with Crippen molar-refractivity contribution in [3.8, 4) is 11.1 Å². The number of hydrogen-bond donors (Lipinski definition) is 1. The van der Waals surface area contributed by atoms with Gasteiger partial charge in [0.15, 0.2) is 0 Å². The predicted molar refractivity (Wildman–Crippen MR) is 122 cm³/mol. The van der Waals surface area contributed by atoms with Crippen molar-refractivity contribution in [2.24, 2.45) is 0 Å². The standard InChI is InChI=1S/C26H30N2O4/c1-2-28(26(24(29)30)13-15-27-14-7-8-18(27)16-26)25(31)32-17-23-21-11-5-3-9-19(21)20-10-4-6-12-22(20)23/h3-6,9-12,18,23H,2,7-8,13-17H2,1H3,(H,29,30). The highest BCUT2D eigenvalue weighted by Gasteiger charge is 2.52. The Hall–Kier alpha value is -2.86. The number of nitrogens with zero attached hydrogens (tertiary/aromatic N) is 2. The Labute approximate surface area is 188 Å². The molecule has 168 valence electrons. The summed E-state index contributed by atoms with van der Waals surface area (Å²) in [5, 5.41) is 10.2. The summed E-state index contributed by atoms with van der Waals surface area (Å²) in [5.41, 5.74) is 3.45.